The van der Waals surface area contributed by atoms with E-state index in [1.54, 1.807) is 0 Å². The van der Waals surface area contributed by atoms with Gasteiger partial charge in [0, 0.05) is 36.7 Å². The molecule has 2 aliphatic heterocycles. The van der Waals surface area contributed by atoms with Gasteiger partial charge >= 0.3 is 0 Å². The van der Waals surface area contributed by atoms with Crippen molar-refractivity contribution in [2.24, 2.45) is 0 Å². The number of carbonyl (C=O) groups excluding carboxylic acids is 1. The van der Waals surface area contributed by atoms with Gasteiger partial charge in [0.2, 0.25) is 5.91 Å². The molecule has 1 N–H and O–H groups in total. The van der Waals surface area contributed by atoms with Gasteiger partial charge in [0.15, 0.2) is 0 Å². The van der Waals surface area contributed by atoms with E-state index in [-0.39, 0.29) is 11.9 Å². The Balaban J connectivity index is 1.41. The number of hydrogen-bond donors (Lipinski definition) is 1. The second kappa shape index (κ2) is 6.79. The molecule has 4 nitrogen and oxygen atoms in total. The van der Waals surface area contributed by atoms with Crippen LogP contribution < -0.4 is 15.1 Å². The second-order valence-electron chi connectivity index (χ2n) is 6.98. The lowest BCUT2D eigenvalue weighted by molar-refractivity contribution is -0.118. The highest BCUT2D eigenvalue weighted by molar-refractivity contribution is 6.00. The van der Waals surface area contributed by atoms with Crippen molar-refractivity contribution in [2.75, 3.05) is 34.8 Å². The predicted octanol–water partition coefficient (Wildman–Crippen LogP) is 3.68. The highest BCUT2D eigenvalue weighted by Crippen LogP contribution is 2.28. The van der Waals surface area contributed by atoms with Crippen molar-refractivity contribution < 1.29 is 4.79 Å². The standard InChI is InChI=1S/C21H25N3O/c1-16(21(25)24-15-12-17-6-2-3-7-20(17)24)22-18-8-10-19(11-9-18)23-13-4-5-14-23/h2-3,6-11,16,22H,4-5,12-15H2,1H3/t16-/m1/s1. The van der Waals surface area contributed by atoms with E-state index in [4.69, 9.17) is 0 Å². The minimum atomic E-state index is -0.246. The molecule has 1 saturated heterocycles. The Morgan fingerprint density at radius 3 is 2.48 bits per heavy atom. The Morgan fingerprint density at radius 1 is 1.00 bits per heavy atom. The Morgan fingerprint density at radius 2 is 1.72 bits per heavy atom. The molecule has 0 bridgehead atoms. The first-order valence-electron chi connectivity index (χ1n) is 9.23. The molecule has 2 aromatic carbocycles. The van der Waals surface area contributed by atoms with Crippen molar-refractivity contribution in [1.82, 2.24) is 0 Å². The smallest absolute Gasteiger partial charge is 0.249 e. The summed E-state index contributed by atoms with van der Waals surface area (Å²) in [5.41, 5.74) is 4.59. The summed E-state index contributed by atoms with van der Waals surface area (Å²) in [4.78, 5) is 17.2. The second-order valence-corrected chi connectivity index (χ2v) is 6.98. The van der Waals surface area contributed by atoms with Crippen LogP contribution in [-0.4, -0.2) is 31.6 Å². The molecule has 1 amide bonds. The van der Waals surface area contributed by atoms with Gasteiger partial charge in [-0.15, -0.1) is 0 Å². The highest BCUT2D eigenvalue weighted by Gasteiger charge is 2.27. The van der Waals surface area contributed by atoms with Crippen LogP contribution in [0.4, 0.5) is 17.1 Å². The molecular formula is C21H25N3O. The van der Waals surface area contributed by atoms with Crippen molar-refractivity contribution in [2.45, 2.75) is 32.2 Å². The van der Waals surface area contributed by atoms with Crippen molar-refractivity contribution >= 4 is 23.0 Å². The van der Waals surface area contributed by atoms with E-state index >= 15 is 0 Å². The Kier molecular flexibility index (Phi) is 4.35. The van der Waals surface area contributed by atoms with Gasteiger partial charge in [0.25, 0.3) is 0 Å². The van der Waals surface area contributed by atoms with Crippen LogP contribution in [0.2, 0.25) is 0 Å². The maximum absolute atomic E-state index is 12.8. The Labute approximate surface area is 149 Å². The summed E-state index contributed by atoms with van der Waals surface area (Å²) in [5.74, 6) is 0.133. The lowest BCUT2D eigenvalue weighted by atomic mass is 10.2. The third-order valence-corrected chi connectivity index (χ3v) is 5.25. The molecule has 0 unspecified atom stereocenters. The topological polar surface area (TPSA) is 35.6 Å². The van der Waals surface area contributed by atoms with E-state index in [1.165, 1.54) is 24.1 Å². The molecule has 4 heteroatoms. The van der Waals surface area contributed by atoms with E-state index < -0.39 is 0 Å². The number of anilines is 3. The number of fused-ring (bicyclic) bond motifs is 1. The van der Waals surface area contributed by atoms with Gasteiger partial charge in [-0.25, -0.2) is 0 Å². The highest BCUT2D eigenvalue weighted by atomic mass is 16.2. The largest absolute Gasteiger partial charge is 0.374 e. The van der Waals surface area contributed by atoms with Gasteiger partial charge < -0.3 is 15.1 Å². The van der Waals surface area contributed by atoms with Gasteiger partial charge in [-0.3, -0.25) is 4.79 Å². The number of para-hydroxylation sites is 1. The van der Waals surface area contributed by atoms with Crippen molar-refractivity contribution in [3.05, 3.63) is 54.1 Å². The normalized spacial score (nSPS) is 17.5. The molecule has 0 aromatic heterocycles. The zero-order chi connectivity index (χ0) is 17.2. The van der Waals surface area contributed by atoms with E-state index in [2.05, 4.69) is 40.5 Å². The summed E-state index contributed by atoms with van der Waals surface area (Å²) in [7, 11) is 0. The fourth-order valence-electron chi connectivity index (χ4n) is 3.86. The van der Waals surface area contributed by atoms with Crippen LogP contribution in [0.5, 0.6) is 0 Å². The van der Waals surface area contributed by atoms with Crippen molar-refractivity contribution in [3.63, 3.8) is 0 Å². The molecule has 0 saturated carbocycles. The van der Waals surface area contributed by atoms with Crippen LogP contribution in [0.3, 0.4) is 0 Å². The molecule has 4 rings (SSSR count). The third kappa shape index (κ3) is 3.21. The van der Waals surface area contributed by atoms with E-state index in [9.17, 15) is 4.79 Å². The van der Waals surface area contributed by atoms with Gasteiger partial charge in [-0.2, -0.15) is 0 Å². The van der Waals surface area contributed by atoms with E-state index in [1.807, 2.05) is 30.0 Å². The molecule has 25 heavy (non-hydrogen) atoms. The third-order valence-electron chi connectivity index (χ3n) is 5.25. The van der Waals surface area contributed by atoms with Crippen LogP contribution in [0.25, 0.3) is 0 Å². The minimum absolute atomic E-state index is 0.133. The zero-order valence-electron chi connectivity index (χ0n) is 14.7. The Hall–Kier alpha value is -2.49. The average Bonchev–Trinajstić information content (AvgIpc) is 3.31. The molecular weight excluding hydrogens is 310 g/mol. The maximum atomic E-state index is 12.8. The zero-order valence-corrected chi connectivity index (χ0v) is 14.7. The number of hydrogen-bond acceptors (Lipinski definition) is 3. The van der Waals surface area contributed by atoms with Gasteiger partial charge in [-0.1, -0.05) is 18.2 Å². The summed E-state index contributed by atoms with van der Waals surface area (Å²) in [6, 6.07) is 16.4. The molecule has 1 fully saturated rings. The molecule has 0 radical (unpaired) electrons. The van der Waals surface area contributed by atoms with Crippen LogP contribution >= 0.6 is 0 Å². The molecule has 1 atom stereocenters. The number of benzene rings is 2. The summed E-state index contributed by atoms with van der Waals surface area (Å²) in [6.45, 7) is 5.02. The van der Waals surface area contributed by atoms with Gasteiger partial charge in [0.05, 0.1) is 0 Å². The summed E-state index contributed by atoms with van der Waals surface area (Å²) in [5, 5.41) is 3.36. The fraction of sp³-hybridized carbons (Fsp3) is 0.381. The van der Waals surface area contributed by atoms with Crippen LogP contribution in [-0.2, 0) is 11.2 Å². The first-order valence-corrected chi connectivity index (χ1v) is 9.23. The molecule has 0 aliphatic carbocycles. The number of nitrogens with zero attached hydrogens (tertiary/aromatic N) is 2. The maximum Gasteiger partial charge on any atom is 0.249 e. The first-order chi connectivity index (χ1) is 12.2. The Bertz CT molecular complexity index is 750. The molecule has 0 spiro atoms. The van der Waals surface area contributed by atoms with E-state index in [0.717, 1.165) is 37.4 Å². The lowest BCUT2D eigenvalue weighted by Gasteiger charge is -2.23. The van der Waals surface area contributed by atoms with E-state index in [0.29, 0.717) is 0 Å². The molecule has 2 aliphatic rings. The van der Waals surface area contributed by atoms with Gasteiger partial charge in [-0.05, 0) is 62.1 Å². The summed E-state index contributed by atoms with van der Waals surface area (Å²) >= 11 is 0. The molecule has 130 valence electrons. The minimum Gasteiger partial charge on any atom is -0.374 e. The molecule has 2 aromatic rings. The summed E-state index contributed by atoms with van der Waals surface area (Å²) in [6.07, 6.45) is 3.50. The number of carbonyl (C=O) groups is 1. The van der Waals surface area contributed by atoms with Gasteiger partial charge in [0.1, 0.15) is 6.04 Å². The quantitative estimate of drug-likeness (QED) is 0.926. The fourth-order valence-corrected chi connectivity index (χ4v) is 3.86. The van der Waals surface area contributed by atoms with Crippen LogP contribution in [0, 0.1) is 0 Å². The monoisotopic (exact) mass is 335 g/mol. The van der Waals surface area contributed by atoms with Crippen molar-refractivity contribution in [3.8, 4) is 0 Å². The van der Waals surface area contributed by atoms with Crippen LogP contribution in [0.15, 0.2) is 48.5 Å². The van der Waals surface area contributed by atoms with Crippen molar-refractivity contribution in [1.29, 1.82) is 0 Å². The average molecular weight is 335 g/mol. The molecule has 2 heterocycles. The number of rotatable bonds is 4. The lowest BCUT2D eigenvalue weighted by Crippen LogP contribution is -2.40. The number of amides is 1. The SMILES string of the molecule is C[C@@H](Nc1ccc(N2CCCC2)cc1)C(=O)N1CCc2ccccc21. The summed E-state index contributed by atoms with van der Waals surface area (Å²) < 4.78 is 0. The predicted molar refractivity (Wildman–Crippen MR) is 103 cm³/mol. The first kappa shape index (κ1) is 16.0. The van der Waals surface area contributed by atoms with Crippen LogP contribution in [0.1, 0.15) is 25.3 Å². The number of nitrogens with one attached hydrogen (secondary N) is 1.